The zero-order chi connectivity index (χ0) is 13.9. The third kappa shape index (κ3) is 2.64. The first-order valence-electron chi connectivity index (χ1n) is 6.13. The van der Waals surface area contributed by atoms with E-state index < -0.39 is 5.82 Å². The number of para-hydroxylation sites is 1. The van der Waals surface area contributed by atoms with Crippen molar-refractivity contribution in [1.82, 2.24) is 4.98 Å². The van der Waals surface area contributed by atoms with Crippen molar-refractivity contribution in [1.29, 1.82) is 0 Å². The van der Waals surface area contributed by atoms with Gasteiger partial charge < -0.3 is 9.84 Å². The Bertz CT molecular complexity index is 709. The van der Waals surface area contributed by atoms with Crippen LogP contribution in [-0.2, 0) is 13.2 Å². The minimum Gasteiger partial charge on any atom is -0.483 e. The zero-order valence-electron chi connectivity index (χ0n) is 10.5. The smallest absolute Gasteiger partial charge is 0.165 e. The first-order chi connectivity index (χ1) is 9.76. The number of aliphatic hydroxyl groups excluding tert-OH is 1. The maximum Gasteiger partial charge on any atom is 0.165 e. The summed E-state index contributed by atoms with van der Waals surface area (Å²) >= 11 is 1.53. The molecule has 3 nitrogen and oxygen atoms in total. The predicted molar refractivity (Wildman–Crippen MR) is 76.3 cm³/mol. The summed E-state index contributed by atoms with van der Waals surface area (Å²) in [6, 6.07) is 12.2. The van der Waals surface area contributed by atoms with Crippen LogP contribution >= 0.6 is 11.3 Å². The average molecular weight is 289 g/mol. The molecule has 102 valence electrons. The zero-order valence-corrected chi connectivity index (χ0v) is 11.4. The van der Waals surface area contributed by atoms with Gasteiger partial charge in [-0.3, -0.25) is 0 Å². The minimum absolute atomic E-state index is 0.168. The molecule has 0 aliphatic rings. The topological polar surface area (TPSA) is 42.4 Å². The average Bonchev–Trinajstić information content (AvgIpc) is 2.88. The molecule has 1 N–H and O–H groups in total. The number of hydrogen-bond acceptors (Lipinski definition) is 4. The van der Waals surface area contributed by atoms with Crippen LogP contribution in [-0.4, -0.2) is 10.1 Å². The Labute approximate surface area is 119 Å². The van der Waals surface area contributed by atoms with Gasteiger partial charge in [0.1, 0.15) is 11.6 Å². The van der Waals surface area contributed by atoms with Crippen LogP contribution in [0.2, 0.25) is 0 Å². The van der Waals surface area contributed by atoms with Crippen LogP contribution in [0.4, 0.5) is 4.39 Å². The molecule has 0 saturated heterocycles. The molecule has 2 aromatic carbocycles. The second-order valence-electron chi connectivity index (χ2n) is 4.29. The maximum atomic E-state index is 13.7. The molecule has 0 fully saturated rings. The van der Waals surface area contributed by atoms with Gasteiger partial charge in [-0.2, -0.15) is 0 Å². The van der Waals surface area contributed by atoms with Gasteiger partial charge in [-0.1, -0.05) is 18.2 Å². The molecule has 0 unspecified atom stereocenters. The van der Waals surface area contributed by atoms with Gasteiger partial charge in [-0.15, -0.1) is 11.3 Å². The van der Waals surface area contributed by atoms with E-state index >= 15 is 0 Å². The summed E-state index contributed by atoms with van der Waals surface area (Å²) in [5.74, 6) is -0.306. The van der Waals surface area contributed by atoms with E-state index in [-0.39, 0.29) is 19.0 Å². The summed E-state index contributed by atoms with van der Waals surface area (Å²) in [6.07, 6.45) is 0. The SMILES string of the molecule is OCc1ccc(OCc2nc3ccccc3s2)c(F)c1. The summed E-state index contributed by atoms with van der Waals surface area (Å²) < 4.78 is 20.2. The van der Waals surface area contributed by atoms with Crippen LogP contribution in [0.25, 0.3) is 10.2 Å². The summed E-state index contributed by atoms with van der Waals surface area (Å²) in [5, 5.41) is 9.73. The van der Waals surface area contributed by atoms with Crippen molar-refractivity contribution >= 4 is 21.6 Å². The number of benzene rings is 2. The highest BCUT2D eigenvalue weighted by atomic mass is 32.1. The molecular weight excluding hydrogens is 277 g/mol. The Hall–Kier alpha value is -1.98. The number of aliphatic hydroxyl groups is 1. The van der Waals surface area contributed by atoms with Crippen LogP contribution in [0.1, 0.15) is 10.6 Å². The van der Waals surface area contributed by atoms with E-state index in [0.717, 1.165) is 15.2 Å². The maximum absolute atomic E-state index is 13.7. The van der Waals surface area contributed by atoms with E-state index in [1.54, 1.807) is 6.07 Å². The summed E-state index contributed by atoms with van der Waals surface area (Å²) in [6.45, 7) is 0.0454. The quantitative estimate of drug-likeness (QED) is 0.799. The van der Waals surface area contributed by atoms with Crippen molar-refractivity contribution in [2.75, 3.05) is 0 Å². The molecule has 0 aliphatic heterocycles. The van der Waals surface area contributed by atoms with Gasteiger partial charge in [0.05, 0.1) is 16.8 Å². The first-order valence-corrected chi connectivity index (χ1v) is 6.94. The second kappa shape index (κ2) is 5.56. The van der Waals surface area contributed by atoms with Crippen LogP contribution in [0.3, 0.4) is 0 Å². The molecule has 0 aliphatic carbocycles. The van der Waals surface area contributed by atoms with E-state index in [0.29, 0.717) is 5.56 Å². The Morgan fingerprint density at radius 2 is 2.05 bits per heavy atom. The van der Waals surface area contributed by atoms with Gasteiger partial charge in [0, 0.05) is 0 Å². The number of ether oxygens (including phenoxy) is 1. The van der Waals surface area contributed by atoms with Gasteiger partial charge in [0.15, 0.2) is 11.6 Å². The fourth-order valence-electron chi connectivity index (χ4n) is 1.88. The third-order valence-corrected chi connectivity index (χ3v) is 3.88. The predicted octanol–water partition coefficient (Wildman–Crippen LogP) is 3.51. The molecule has 1 heterocycles. The molecule has 0 atom stereocenters. The monoisotopic (exact) mass is 289 g/mol. The molecule has 0 radical (unpaired) electrons. The lowest BCUT2D eigenvalue weighted by molar-refractivity contribution is 0.276. The molecule has 20 heavy (non-hydrogen) atoms. The molecular formula is C15H12FNO2S. The van der Waals surface area contributed by atoms with Crippen molar-refractivity contribution in [2.24, 2.45) is 0 Å². The second-order valence-corrected chi connectivity index (χ2v) is 5.40. The summed E-state index contributed by atoms with van der Waals surface area (Å²) in [7, 11) is 0. The normalized spacial score (nSPS) is 10.9. The largest absolute Gasteiger partial charge is 0.483 e. The summed E-state index contributed by atoms with van der Waals surface area (Å²) in [5.41, 5.74) is 1.45. The molecule has 3 aromatic rings. The van der Waals surface area contributed by atoms with Crippen LogP contribution in [0.5, 0.6) is 5.75 Å². The minimum atomic E-state index is -0.474. The lowest BCUT2D eigenvalue weighted by atomic mass is 10.2. The fourth-order valence-corrected chi connectivity index (χ4v) is 2.76. The molecule has 0 saturated carbocycles. The lowest BCUT2D eigenvalue weighted by Gasteiger charge is -2.06. The number of thiazole rings is 1. The number of aromatic nitrogens is 1. The van der Waals surface area contributed by atoms with Gasteiger partial charge in [-0.05, 0) is 29.8 Å². The van der Waals surface area contributed by atoms with Gasteiger partial charge in [-0.25, -0.2) is 9.37 Å². The Morgan fingerprint density at radius 3 is 2.80 bits per heavy atom. The van der Waals surface area contributed by atoms with Crippen molar-refractivity contribution < 1.29 is 14.2 Å². The number of rotatable bonds is 4. The van der Waals surface area contributed by atoms with E-state index in [1.807, 2.05) is 24.3 Å². The van der Waals surface area contributed by atoms with E-state index in [2.05, 4.69) is 4.98 Å². The van der Waals surface area contributed by atoms with Crippen molar-refractivity contribution in [3.05, 3.63) is 58.9 Å². The van der Waals surface area contributed by atoms with Crippen molar-refractivity contribution in [3.8, 4) is 5.75 Å². The van der Waals surface area contributed by atoms with Crippen molar-refractivity contribution in [2.45, 2.75) is 13.2 Å². The molecule has 0 amide bonds. The molecule has 5 heteroatoms. The van der Waals surface area contributed by atoms with Gasteiger partial charge >= 0.3 is 0 Å². The van der Waals surface area contributed by atoms with Crippen LogP contribution in [0, 0.1) is 5.82 Å². The number of halogens is 1. The highest BCUT2D eigenvalue weighted by molar-refractivity contribution is 7.18. The molecule has 3 rings (SSSR count). The Kier molecular flexibility index (Phi) is 3.62. The number of hydrogen-bond donors (Lipinski definition) is 1. The van der Waals surface area contributed by atoms with Gasteiger partial charge in [0.2, 0.25) is 0 Å². The van der Waals surface area contributed by atoms with Gasteiger partial charge in [0.25, 0.3) is 0 Å². The van der Waals surface area contributed by atoms with Crippen LogP contribution < -0.4 is 4.74 Å². The Morgan fingerprint density at radius 1 is 1.20 bits per heavy atom. The number of fused-ring (bicyclic) bond motifs is 1. The Balaban J connectivity index is 1.75. The molecule has 0 bridgehead atoms. The van der Waals surface area contributed by atoms with E-state index in [1.165, 1.54) is 23.5 Å². The van der Waals surface area contributed by atoms with E-state index in [4.69, 9.17) is 9.84 Å². The number of nitrogens with zero attached hydrogens (tertiary/aromatic N) is 1. The third-order valence-electron chi connectivity index (χ3n) is 2.87. The lowest BCUT2D eigenvalue weighted by Crippen LogP contribution is -1.97. The molecule has 1 aromatic heterocycles. The van der Waals surface area contributed by atoms with Crippen LogP contribution in [0.15, 0.2) is 42.5 Å². The van der Waals surface area contributed by atoms with Crippen molar-refractivity contribution in [3.63, 3.8) is 0 Å². The highest BCUT2D eigenvalue weighted by Crippen LogP contribution is 2.24. The highest BCUT2D eigenvalue weighted by Gasteiger charge is 2.07. The first kappa shape index (κ1) is 13.0. The van der Waals surface area contributed by atoms with E-state index in [9.17, 15) is 4.39 Å². The fraction of sp³-hybridized carbons (Fsp3) is 0.133. The standard InChI is InChI=1S/C15H12FNO2S/c16-11-7-10(8-18)5-6-13(11)19-9-15-17-12-3-1-2-4-14(12)20-15/h1-7,18H,8-9H2. The molecule has 0 spiro atoms. The summed E-state index contributed by atoms with van der Waals surface area (Å²) in [4.78, 5) is 4.42.